The monoisotopic (exact) mass is 262 g/mol. The molecule has 1 N–H and O–H groups in total. The van der Waals surface area contributed by atoms with Crippen LogP contribution in [0.3, 0.4) is 0 Å². The van der Waals surface area contributed by atoms with E-state index in [2.05, 4.69) is 0 Å². The van der Waals surface area contributed by atoms with Gasteiger partial charge in [0.2, 0.25) is 6.17 Å². The maximum atomic E-state index is 12.8. The van der Waals surface area contributed by atoms with E-state index in [0.717, 1.165) is 0 Å². The van der Waals surface area contributed by atoms with Gasteiger partial charge in [-0.25, -0.2) is 17.6 Å². The zero-order valence-electron chi connectivity index (χ0n) is 8.96. The Morgan fingerprint density at radius 2 is 1.94 bits per heavy atom. The van der Waals surface area contributed by atoms with Crippen LogP contribution in [0, 0.1) is 0 Å². The van der Waals surface area contributed by atoms with E-state index in [0.29, 0.717) is 5.75 Å². The molecule has 0 saturated heterocycles. The first-order chi connectivity index (χ1) is 7.86. The van der Waals surface area contributed by atoms with E-state index in [1.807, 2.05) is 0 Å². The fourth-order valence-corrected chi connectivity index (χ4v) is 2.41. The van der Waals surface area contributed by atoms with Crippen molar-refractivity contribution in [3.8, 4) is 5.75 Å². The second-order valence-electron chi connectivity index (χ2n) is 3.26. The van der Waals surface area contributed by atoms with Crippen molar-refractivity contribution in [2.24, 2.45) is 0 Å². The molecule has 0 saturated carbocycles. The number of rotatable bonds is 5. The van der Waals surface area contributed by atoms with E-state index in [4.69, 9.17) is 9.84 Å². The van der Waals surface area contributed by atoms with Crippen molar-refractivity contribution >= 4 is 15.8 Å². The Hall–Kier alpha value is -1.63. The summed E-state index contributed by atoms with van der Waals surface area (Å²) in [6.45, 7) is 0. The molecule has 0 aliphatic heterocycles. The zero-order chi connectivity index (χ0) is 13.1. The van der Waals surface area contributed by atoms with E-state index in [-0.39, 0.29) is 4.90 Å². The number of hydrogen-bond donors (Lipinski definition) is 1. The van der Waals surface area contributed by atoms with Crippen LogP contribution in [0.4, 0.5) is 4.39 Å². The van der Waals surface area contributed by atoms with Gasteiger partial charge in [0.25, 0.3) is 0 Å². The lowest BCUT2D eigenvalue weighted by atomic mass is 10.3. The summed E-state index contributed by atoms with van der Waals surface area (Å²) in [5, 5.41) is 8.31. The lowest BCUT2D eigenvalue weighted by Crippen LogP contribution is -2.25. The van der Waals surface area contributed by atoms with Gasteiger partial charge in [0, 0.05) is 0 Å². The van der Waals surface area contributed by atoms with Crippen LogP contribution in [-0.4, -0.2) is 38.5 Å². The van der Waals surface area contributed by atoms with E-state index in [1.54, 1.807) is 0 Å². The third kappa shape index (κ3) is 3.42. The highest BCUT2D eigenvalue weighted by Crippen LogP contribution is 2.17. The fraction of sp³-hybridized carbons (Fsp3) is 0.300. The molecule has 17 heavy (non-hydrogen) atoms. The van der Waals surface area contributed by atoms with Gasteiger partial charge < -0.3 is 9.84 Å². The normalized spacial score (nSPS) is 13.1. The molecule has 1 aromatic rings. The number of aliphatic carboxylic acids is 1. The molecule has 1 atom stereocenters. The van der Waals surface area contributed by atoms with Crippen molar-refractivity contribution in [2.75, 3.05) is 12.9 Å². The predicted octanol–water partition coefficient (Wildman–Crippen LogP) is 0.892. The predicted molar refractivity (Wildman–Crippen MR) is 57.6 cm³/mol. The number of sulfone groups is 1. The van der Waals surface area contributed by atoms with Crippen molar-refractivity contribution < 1.29 is 27.4 Å². The summed E-state index contributed by atoms with van der Waals surface area (Å²) in [6.07, 6.45) is -2.43. The lowest BCUT2D eigenvalue weighted by Gasteiger charge is -2.06. The fourth-order valence-electron chi connectivity index (χ4n) is 1.14. The number of carboxylic acids is 1. The summed E-state index contributed by atoms with van der Waals surface area (Å²) >= 11 is 0. The average Bonchev–Trinajstić information content (AvgIpc) is 2.28. The second kappa shape index (κ2) is 5.13. The number of carbonyl (C=O) groups is 1. The molecule has 94 valence electrons. The summed E-state index contributed by atoms with van der Waals surface area (Å²) in [5.74, 6) is -2.41. The van der Waals surface area contributed by atoms with Gasteiger partial charge in [-0.3, -0.25) is 0 Å². The standard InChI is InChI=1S/C10H11FO5S/c1-16-7-2-4-8(5-3-7)17(14,15)6-9(11)10(12)13/h2-5,9H,6H2,1H3,(H,12,13). The van der Waals surface area contributed by atoms with E-state index in [9.17, 15) is 17.6 Å². The van der Waals surface area contributed by atoms with Crippen molar-refractivity contribution in [3.63, 3.8) is 0 Å². The molecule has 0 aliphatic carbocycles. The van der Waals surface area contributed by atoms with Gasteiger partial charge in [-0.1, -0.05) is 0 Å². The highest BCUT2D eigenvalue weighted by Gasteiger charge is 2.26. The molecule has 0 spiro atoms. The SMILES string of the molecule is COc1ccc(S(=O)(=O)CC(F)C(=O)O)cc1. The Bertz CT molecular complexity index is 494. The number of halogens is 1. The molecule has 1 rings (SSSR count). The molecule has 0 fully saturated rings. The Morgan fingerprint density at radius 3 is 2.35 bits per heavy atom. The topological polar surface area (TPSA) is 80.7 Å². The number of benzene rings is 1. The first kappa shape index (κ1) is 13.4. The van der Waals surface area contributed by atoms with Gasteiger partial charge in [-0.05, 0) is 24.3 Å². The second-order valence-corrected chi connectivity index (χ2v) is 5.30. The molecule has 0 aliphatic rings. The molecule has 1 aromatic carbocycles. The minimum absolute atomic E-state index is 0.137. The smallest absolute Gasteiger partial charge is 0.339 e. The minimum Gasteiger partial charge on any atom is -0.497 e. The number of alkyl halides is 1. The average molecular weight is 262 g/mol. The van der Waals surface area contributed by atoms with Crippen molar-refractivity contribution in [1.82, 2.24) is 0 Å². The number of methoxy groups -OCH3 is 1. The third-order valence-corrected chi connectivity index (χ3v) is 3.77. The van der Waals surface area contributed by atoms with Crippen molar-refractivity contribution in [3.05, 3.63) is 24.3 Å². The van der Waals surface area contributed by atoms with Crippen LogP contribution in [0.1, 0.15) is 0 Å². The molecular weight excluding hydrogens is 251 g/mol. The van der Waals surface area contributed by atoms with Crippen LogP contribution in [0.5, 0.6) is 5.75 Å². The van der Waals surface area contributed by atoms with E-state index in [1.165, 1.54) is 31.4 Å². The van der Waals surface area contributed by atoms with Crippen molar-refractivity contribution in [2.45, 2.75) is 11.1 Å². The van der Waals surface area contributed by atoms with Gasteiger partial charge in [-0.15, -0.1) is 0 Å². The van der Waals surface area contributed by atoms with Gasteiger partial charge >= 0.3 is 5.97 Å². The number of carboxylic acid groups (broad SMARTS) is 1. The highest BCUT2D eigenvalue weighted by molar-refractivity contribution is 7.91. The summed E-state index contributed by atoms with van der Waals surface area (Å²) in [5.41, 5.74) is 0. The summed E-state index contributed by atoms with van der Waals surface area (Å²) < 4.78 is 40.9. The van der Waals surface area contributed by atoms with Gasteiger partial charge in [0.15, 0.2) is 9.84 Å². The van der Waals surface area contributed by atoms with Crippen LogP contribution < -0.4 is 4.74 Å². The summed E-state index contributed by atoms with van der Waals surface area (Å²) in [6, 6.07) is 5.28. The first-order valence-electron chi connectivity index (χ1n) is 4.60. The largest absolute Gasteiger partial charge is 0.497 e. The molecular formula is C10H11FO5S. The number of ether oxygens (including phenoxy) is 1. The van der Waals surface area contributed by atoms with Crippen LogP contribution in [0.15, 0.2) is 29.2 Å². The lowest BCUT2D eigenvalue weighted by molar-refractivity contribution is -0.141. The summed E-state index contributed by atoms with van der Waals surface area (Å²) in [4.78, 5) is 10.1. The molecule has 0 heterocycles. The molecule has 0 bridgehead atoms. The quantitative estimate of drug-likeness (QED) is 0.852. The van der Waals surface area contributed by atoms with Crippen LogP contribution in [-0.2, 0) is 14.6 Å². The molecule has 7 heteroatoms. The van der Waals surface area contributed by atoms with Gasteiger partial charge in [-0.2, -0.15) is 0 Å². The van der Waals surface area contributed by atoms with Crippen LogP contribution >= 0.6 is 0 Å². The molecule has 0 radical (unpaired) electrons. The van der Waals surface area contributed by atoms with Gasteiger partial charge in [0.05, 0.1) is 17.8 Å². The molecule has 0 aromatic heterocycles. The van der Waals surface area contributed by atoms with Gasteiger partial charge in [0.1, 0.15) is 5.75 Å². The maximum absolute atomic E-state index is 12.8. The Labute approximate surface area is 97.8 Å². The first-order valence-corrected chi connectivity index (χ1v) is 6.26. The summed E-state index contributed by atoms with van der Waals surface area (Å²) in [7, 11) is -2.52. The number of hydrogen-bond acceptors (Lipinski definition) is 4. The minimum atomic E-state index is -3.94. The van der Waals surface area contributed by atoms with E-state index < -0.39 is 27.7 Å². The zero-order valence-corrected chi connectivity index (χ0v) is 9.78. The maximum Gasteiger partial charge on any atom is 0.339 e. The Kier molecular flexibility index (Phi) is 4.06. The Morgan fingerprint density at radius 1 is 1.41 bits per heavy atom. The molecule has 1 unspecified atom stereocenters. The van der Waals surface area contributed by atoms with E-state index >= 15 is 0 Å². The van der Waals surface area contributed by atoms with Crippen LogP contribution in [0.25, 0.3) is 0 Å². The van der Waals surface area contributed by atoms with Crippen molar-refractivity contribution in [1.29, 1.82) is 0 Å². The van der Waals surface area contributed by atoms with Crippen LogP contribution in [0.2, 0.25) is 0 Å². The Balaban J connectivity index is 2.93. The molecule has 0 amide bonds. The third-order valence-electron chi connectivity index (χ3n) is 2.05. The molecule has 5 nitrogen and oxygen atoms in total. The highest BCUT2D eigenvalue weighted by atomic mass is 32.2.